The summed E-state index contributed by atoms with van der Waals surface area (Å²) in [6.45, 7) is 0.611. The van der Waals surface area contributed by atoms with E-state index in [1.54, 1.807) is 20.2 Å². The van der Waals surface area contributed by atoms with Crippen LogP contribution in [0.3, 0.4) is 0 Å². The molecule has 1 N–H and O–H groups in total. The van der Waals surface area contributed by atoms with Crippen molar-refractivity contribution in [3.8, 4) is 6.07 Å². The number of amides is 1. The average Bonchev–Trinajstić information content (AvgIpc) is 3.09. The van der Waals surface area contributed by atoms with Crippen LogP contribution in [0, 0.1) is 11.3 Å². The van der Waals surface area contributed by atoms with Crippen molar-refractivity contribution < 1.29 is 4.79 Å². The van der Waals surface area contributed by atoms with Crippen LogP contribution in [0.25, 0.3) is 0 Å². The van der Waals surface area contributed by atoms with Gasteiger partial charge in [0.15, 0.2) is 5.56 Å². The van der Waals surface area contributed by atoms with Crippen LogP contribution in [0.4, 0.5) is 5.82 Å². The summed E-state index contributed by atoms with van der Waals surface area (Å²) in [6.07, 6.45) is 2.65. The fourth-order valence-corrected chi connectivity index (χ4v) is 3.98. The largest absolute Gasteiger partial charge is 0.354 e. The molecule has 2 aromatic heterocycles. The molecule has 9 nitrogen and oxygen atoms in total. The zero-order valence-corrected chi connectivity index (χ0v) is 16.5. The molecule has 1 aliphatic rings. The Morgan fingerprint density at radius 2 is 1.86 bits per heavy atom. The minimum absolute atomic E-state index is 0.0442. The summed E-state index contributed by atoms with van der Waals surface area (Å²) >= 11 is 0. The number of carbonyl (C=O) groups is 1. The van der Waals surface area contributed by atoms with Crippen molar-refractivity contribution in [2.24, 2.45) is 21.1 Å². The average molecular weight is 384 g/mol. The minimum Gasteiger partial charge on any atom is -0.354 e. The molecular weight excluding hydrogens is 360 g/mol. The fraction of sp³-hybridized carbons (Fsp3) is 0.474. The molecule has 1 aliphatic heterocycles. The van der Waals surface area contributed by atoms with Crippen LogP contribution >= 0.6 is 0 Å². The van der Waals surface area contributed by atoms with Crippen LogP contribution in [-0.2, 0) is 21.1 Å². The van der Waals surface area contributed by atoms with Gasteiger partial charge in [-0.3, -0.25) is 18.7 Å². The Labute approximate surface area is 162 Å². The molecule has 0 aromatic carbocycles. The summed E-state index contributed by atoms with van der Waals surface area (Å²) in [5, 5.41) is 12.3. The molecule has 1 saturated heterocycles. The van der Waals surface area contributed by atoms with E-state index in [0.29, 0.717) is 18.1 Å². The zero-order valence-electron chi connectivity index (χ0n) is 16.5. The quantitative estimate of drug-likeness (QED) is 0.824. The summed E-state index contributed by atoms with van der Waals surface area (Å²) < 4.78 is 4.14. The maximum atomic E-state index is 12.5. The Kier molecular flexibility index (Phi) is 5.14. The summed E-state index contributed by atoms with van der Waals surface area (Å²) in [5.74, 6) is 0.151. The maximum absolute atomic E-state index is 12.5. The molecule has 0 radical (unpaired) electrons. The van der Waals surface area contributed by atoms with E-state index in [-0.39, 0.29) is 17.5 Å². The van der Waals surface area contributed by atoms with Gasteiger partial charge in [0.25, 0.3) is 11.5 Å². The Morgan fingerprint density at radius 3 is 2.50 bits per heavy atom. The molecule has 0 spiro atoms. The van der Waals surface area contributed by atoms with Crippen molar-refractivity contribution in [2.75, 3.05) is 18.5 Å². The van der Waals surface area contributed by atoms with Crippen LogP contribution in [0.5, 0.6) is 0 Å². The number of hydrogen-bond acceptors (Lipinski definition) is 5. The van der Waals surface area contributed by atoms with E-state index in [1.807, 2.05) is 28.7 Å². The Balaban J connectivity index is 2.19. The Bertz CT molecular complexity index is 1080. The lowest BCUT2D eigenvalue weighted by Gasteiger charge is -2.38. The lowest BCUT2D eigenvalue weighted by Crippen LogP contribution is -2.45. The molecule has 0 bridgehead atoms. The van der Waals surface area contributed by atoms with E-state index in [2.05, 4.69) is 5.32 Å². The number of hydrogen-bond donors (Lipinski definition) is 1. The van der Waals surface area contributed by atoms with Gasteiger partial charge in [0.1, 0.15) is 17.6 Å². The molecule has 1 amide bonds. The second kappa shape index (κ2) is 7.38. The van der Waals surface area contributed by atoms with Gasteiger partial charge in [-0.15, -0.1) is 0 Å². The van der Waals surface area contributed by atoms with E-state index in [1.165, 1.54) is 11.6 Å². The summed E-state index contributed by atoms with van der Waals surface area (Å²) in [5.41, 5.74) is 0.318. The van der Waals surface area contributed by atoms with Crippen LogP contribution < -0.4 is 21.5 Å². The molecule has 0 saturated carbocycles. The molecule has 0 aliphatic carbocycles. The van der Waals surface area contributed by atoms with Crippen LogP contribution in [-0.4, -0.2) is 33.2 Å². The molecule has 3 heterocycles. The number of nitriles is 1. The SMILES string of the molecule is CNC(=O)c1ccc([C@H]2CCCCN2c2c(C#N)c(=O)n(C)c(=O)n2C)n1C. The molecule has 148 valence electrons. The topological polar surface area (TPSA) is 105 Å². The molecule has 1 fully saturated rings. The molecule has 28 heavy (non-hydrogen) atoms. The minimum atomic E-state index is -0.595. The highest BCUT2D eigenvalue weighted by molar-refractivity contribution is 5.92. The van der Waals surface area contributed by atoms with Crippen LogP contribution in [0.15, 0.2) is 21.7 Å². The van der Waals surface area contributed by atoms with E-state index in [4.69, 9.17) is 0 Å². The third kappa shape index (κ3) is 2.91. The van der Waals surface area contributed by atoms with Gasteiger partial charge in [0.2, 0.25) is 0 Å². The predicted molar refractivity (Wildman–Crippen MR) is 104 cm³/mol. The number of piperidine rings is 1. The predicted octanol–water partition coefficient (Wildman–Crippen LogP) is 0.385. The third-order valence-corrected chi connectivity index (χ3v) is 5.48. The van der Waals surface area contributed by atoms with Gasteiger partial charge in [-0.25, -0.2) is 4.79 Å². The van der Waals surface area contributed by atoms with Gasteiger partial charge in [-0.1, -0.05) is 0 Å². The number of carbonyl (C=O) groups excluding carboxylic acids is 1. The first-order chi connectivity index (χ1) is 13.3. The lowest BCUT2D eigenvalue weighted by molar-refractivity contribution is 0.0954. The maximum Gasteiger partial charge on any atom is 0.332 e. The van der Waals surface area contributed by atoms with Gasteiger partial charge in [-0.05, 0) is 31.4 Å². The first kappa shape index (κ1) is 19.5. The highest BCUT2D eigenvalue weighted by atomic mass is 16.2. The van der Waals surface area contributed by atoms with E-state index in [0.717, 1.165) is 29.5 Å². The number of aromatic nitrogens is 3. The summed E-state index contributed by atoms with van der Waals surface area (Å²) in [6, 6.07) is 5.48. The Morgan fingerprint density at radius 1 is 1.14 bits per heavy atom. The first-order valence-corrected chi connectivity index (χ1v) is 9.17. The number of anilines is 1. The molecule has 3 rings (SSSR count). The highest BCUT2D eigenvalue weighted by Gasteiger charge is 2.32. The standard InChI is InChI=1S/C19H24N6O3/c1-21-16(26)15-9-8-13(22(15)2)14-7-5-6-10-25(14)17-12(11-20)18(27)24(4)19(28)23(17)3/h8-9,14H,5-7,10H2,1-4H3,(H,21,26)/t14-/m1/s1. The van der Waals surface area contributed by atoms with Gasteiger partial charge < -0.3 is 14.8 Å². The van der Waals surface area contributed by atoms with Gasteiger partial charge >= 0.3 is 5.69 Å². The van der Waals surface area contributed by atoms with E-state index in [9.17, 15) is 19.6 Å². The highest BCUT2D eigenvalue weighted by Crippen LogP contribution is 2.35. The smallest absolute Gasteiger partial charge is 0.332 e. The van der Waals surface area contributed by atoms with Crippen molar-refractivity contribution in [1.82, 2.24) is 19.0 Å². The van der Waals surface area contributed by atoms with Gasteiger partial charge in [-0.2, -0.15) is 5.26 Å². The van der Waals surface area contributed by atoms with Crippen LogP contribution in [0.2, 0.25) is 0 Å². The molecule has 1 atom stereocenters. The molecule has 9 heteroatoms. The molecule has 2 aromatic rings. The summed E-state index contributed by atoms with van der Waals surface area (Å²) in [4.78, 5) is 39.1. The number of rotatable bonds is 3. The second-order valence-electron chi connectivity index (χ2n) is 7.00. The van der Waals surface area contributed by atoms with Crippen molar-refractivity contribution in [3.63, 3.8) is 0 Å². The van der Waals surface area contributed by atoms with E-state index >= 15 is 0 Å². The van der Waals surface area contributed by atoms with Crippen molar-refractivity contribution in [2.45, 2.75) is 25.3 Å². The first-order valence-electron chi connectivity index (χ1n) is 9.17. The second-order valence-corrected chi connectivity index (χ2v) is 7.00. The number of nitrogens with zero attached hydrogens (tertiary/aromatic N) is 5. The van der Waals surface area contributed by atoms with Crippen LogP contribution in [0.1, 0.15) is 47.1 Å². The third-order valence-electron chi connectivity index (χ3n) is 5.48. The summed E-state index contributed by atoms with van der Waals surface area (Å²) in [7, 11) is 6.35. The zero-order chi connectivity index (χ0) is 20.6. The van der Waals surface area contributed by atoms with E-state index < -0.39 is 11.2 Å². The van der Waals surface area contributed by atoms with Gasteiger partial charge in [0.05, 0.1) is 6.04 Å². The van der Waals surface area contributed by atoms with Crippen molar-refractivity contribution in [1.29, 1.82) is 5.26 Å². The normalized spacial score (nSPS) is 16.7. The Hall–Kier alpha value is -3.28. The lowest BCUT2D eigenvalue weighted by atomic mass is 9.98. The van der Waals surface area contributed by atoms with Gasteiger partial charge in [0, 0.05) is 40.4 Å². The fourth-order valence-electron chi connectivity index (χ4n) is 3.98. The van der Waals surface area contributed by atoms with Crippen molar-refractivity contribution >= 4 is 11.7 Å². The number of nitrogens with one attached hydrogen (secondary N) is 1. The molecule has 0 unspecified atom stereocenters. The van der Waals surface area contributed by atoms with Crippen molar-refractivity contribution in [3.05, 3.63) is 49.9 Å². The monoisotopic (exact) mass is 384 g/mol. The molecular formula is C19H24N6O3.